The predicted molar refractivity (Wildman–Crippen MR) is 96.7 cm³/mol. The monoisotopic (exact) mass is 354 g/mol. The molecule has 2 aromatic rings. The van der Waals surface area contributed by atoms with E-state index in [1.54, 1.807) is 61.5 Å². The van der Waals surface area contributed by atoms with Crippen molar-refractivity contribution in [3.05, 3.63) is 70.3 Å². The molecule has 0 saturated carbocycles. The average Bonchev–Trinajstić information content (AvgIpc) is 2.90. The number of methoxy groups -OCH3 is 1. The summed E-state index contributed by atoms with van der Waals surface area (Å²) in [5.41, 5.74) is 1.95. The van der Waals surface area contributed by atoms with E-state index in [-0.39, 0.29) is 0 Å². The number of benzene rings is 2. The highest BCUT2D eigenvalue weighted by molar-refractivity contribution is 6.33. The number of rotatable bonds is 3. The second-order valence-corrected chi connectivity index (χ2v) is 5.83. The van der Waals surface area contributed by atoms with Crippen LogP contribution in [0.4, 0.5) is 0 Å². The van der Waals surface area contributed by atoms with Crippen LogP contribution in [0.3, 0.4) is 0 Å². The van der Waals surface area contributed by atoms with Gasteiger partial charge in [-0.25, -0.2) is 0 Å². The Morgan fingerprint density at radius 2 is 1.92 bits per heavy atom. The molecule has 0 fully saturated rings. The van der Waals surface area contributed by atoms with Crippen LogP contribution in [0.15, 0.2) is 59.2 Å². The predicted octanol–water partition coefficient (Wildman–Crippen LogP) is 3.79. The topological polar surface area (TPSA) is 59.0 Å². The summed E-state index contributed by atoms with van der Waals surface area (Å²) in [5.74, 6) is -0.368. The summed E-state index contributed by atoms with van der Waals surface area (Å²) in [5, 5.41) is 5.43. The van der Waals surface area contributed by atoms with Crippen molar-refractivity contribution < 1.29 is 14.3 Å². The Kier molecular flexibility index (Phi) is 4.67. The van der Waals surface area contributed by atoms with Crippen molar-refractivity contribution in [3.63, 3.8) is 0 Å². The molecule has 0 N–H and O–H groups in total. The molecule has 1 aliphatic rings. The van der Waals surface area contributed by atoms with Crippen LogP contribution >= 0.6 is 11.6 Å². The average molecular weight is 355 g/mol. The lowest BCUT2D eigenvalue weighted by Gasteiger charge is -2.09. The van der Waals surface area contributed by atoms with E-state index in [1.165, 1.54) is 7.11 Å². The molecule has 25 heavy (non-hydrogen) atoms. The minimum Gasteiger partial charge on any atom is -0.495 e. The molecular weight excluding hydrogens is 340 g/mol. The number of carbonyl (C=O) groups excluding carboxylic acids is 2. The molecule has 0 bridgehead atoms. The van der Waals surface area contributed by atoms with E-state index in [2.05, 4.69) is 5.10 Å². The maximum Gasteiger partial charge on any atom is 0.283 e. The summed E-state index contributed by atoms with van der Waals surface area (Å²) in [6, 6.07) is 13.7. The molecule has 2 amide bonds. The van der Waals surface area contributed by atoms with Gasteiger partial charge in [-0.15, -0.1) is 0 Å². The van der Waals surface area contributed by atoms with Gasteiger partial charge < -0.3 is 4.74 Å². The van der Waals surface area contributed by atoms with Crippen molar-refractivity contribution in [1.29, 1.82) is 0 Å². The second kappa shape index (κ2) is 6.91. The van der Waals surface area contributed by atoms with Crippen molar-refractivity contribution in [3.8, 4) is 5.75 Å². The Bertz CT molecular complexity index is 904. The minimum absolute atomic E-state index is 0.352. The number of halogens is 1. The van der Waals surface area contributed by atoms with Gasteiger partial charge in [0.2, 0.25) is 0 Å². The number of carbonyl (C=O) groups is 2. The lowest BCUT2D eigenvalue weighted by molar-refractivity contribution is -0.123. The number of hydrogen-bond acceptors (Lipinski definition) is 4. The Morgan fingerprint density at radius 3 is 2.56 bits per heavy atom. The number of hydrogen-bond donors (Lipinski definition) is 0. The summed E-state index contributed by atoms with van der Waals surface area (Å²) in [6.07, 6.45) is 1.66. The van der Waals surface area contributed by atoms with Gasteiger partial charge in [0, 0.05) is 5.56 Å². The van der Waals surface area contributed by atoms with Crippen LogP contribution in [-0.4, -0.2) is 29.6 Å². The van der Waals surface area contributed by atoms with E-state index in [0.717, 1.165) is 10.6 Å². The quantitative estimate of drug-likeness (QED) is 0.622. The van der Waals surface area contributed by atoms with Crippen LogP contribution in [0.25, 0.3) is 6.08 Å². The van der Waals surface area contributed by atoms with Gasteiger partial charge in [0.25, 0.3) is 11.8 Å². The van der Waals surface area contributed by atoms with Gasteiger partial charge in [-0.3, -0.25) is 9.59 Å². The third-order valence-electron chi connectivity index (χ3n) is 3.76. The molecule has 0 aliphatic carbocycles. The van der Waals surface area contributed by atoms with E-state index in [9.17, 15) is 9.59 Å². The third kappa shape index (κ3) is 3.32. The highest BCUT2D eigenvalue weighted by Gasteiger charge is 2.32. The Morgan fingerprint density at radius 1 is 1.20 bits per heavy atom. The normalized spacial score (nSPS) is 15.5. The van der Waals surface area contributed by atoms with E-state index in [4.69, 9.17) is 16.3 Å². The molecular formula is C19H15ClN2O3. The lowest BCUT2D eigenvalue weighted by Crippen LogP contribution is -2.29. The summed E-state index contributed by atoms with van der Waals surface area (Å²) < 4.78 is 5.11. The maximum absolute atomic E-state index is 12.6. The largest absolute Gasteiger partial charge is 0.495 e. The Hall–Kier alpha value is -2.92. The van der Waals surface area contributed by atoms with Crippen LogP contribution in [0.5, 0.6) is 5.75 Å². The molecule has 0 radical (unpaired) electrons. The van der Waals surface area contributed by atoms with Gasteiger partial charge in [0.15, 0.2) is 0 Å². The molecule has 1 heterocycles. The smallest absolute Gasteiger partial charge is 0.283 e. The molecule has 0 saturated heterocycles. The van der Waals surface area contributed by atoms with E-state index in [1.807, 2.05) is 0 Å². The van der Waals surface area contributed by atoms with Crippen molar-refractivity contribution in [1.82, 2.24) is 5.01 Å². The van der Waals surface area contributed by atoms with Gasteiger partial charge in [0.05, 0.1) is 23.4 Å². The summed E-state index contributed by atoms with van der Waals surface area (Å²) in [7, 11) is 1.53. The fraction of sp³-hybridized carbons (Fsp3) is 0.105. The first-order valence-electron chi connectivity index (χ1n) is 7.56. The van der Waals surface area contributed by atoms with Crippen LogP contribution in [0.2, 0.25) is 5.02 Å². The molecule has 0 atom stereocenters. The number of amides is 2. The number of hydrazone groups is 1. The first-order chi connectivity index (χ1) is 12.0. The Balaban J connectivity index is 1.90. The number of ether oxygens (including phenoxy) is 1. The molecule has 0 aromatic heterocycles. The molecule has 1 aliphatic heterocycles. The van der Waals surface area contributed by atoms with Crippen LogP contribution < -0.4 is 4.74 Å². The summed E-state index contributed by atoms with van der Waals surface area (Å²) in [6.45, 7) is 1.69. The summed E-state index contributed by atoms with van der Waals surface area (Å²) >= 11 is 6.11. The highest BCUT2D eigenvalue weighted by atomic mass is 35.5. The fourth-order valence-corrected chi connectivity index (χ4v) is 2.73. The Labute approximate surface area is 150 Å². The maximum atomic E-state index is 12.6. The molecule has 3 rings (SSSR count). The first-order valence-corrected chi connectivity index (χ1v) is 7.93. The van der Waals surface area contributed by atoms with Crippen molar-refractivity contribution >= 4 is 35.2 Å². The zero-order valence-corrected chi connectivity index (χ0v) is 14.4. The lowest BCUT2D eigenvalue weighted by atomic mass is 10.1. The van der Waals surface area contributed by atoms with Gasteiger partial charge in [-0.05, 0) is 42.8 Å². The first kappa shape index (κ1) is 16.9. The number of nitrogens with zero attached hydrogens (tertiary/aromatic N) is 2. The highest BCUT2D eigenvalue weighted by Crippen LogP contribution is 2.27. The molecule has 5 nitrogen and oxygen atoms in total. The zero-order chi connectivity index (χ0) is 18.0. The van der Waals surface area contributed by atoms with Crippen LogP contribution in [-0.2, 0) is 4.79 Å². The van der Waals surface area contributed by atoms with Gasteiger partial charge in [-0.2, -0.15) is 10.1 Å². The fourth-order valence-electron chi connectivity index (χ4n) is 2.46. The molecule has 0 spiro atoms. The van der Waals surface area contributed by atoms with Gasteiger partial charge in [-0.1, -0.05) is 35.9 Å². The zero-order valence-electron chi connectivity index (χ0n) is 13.7. The molecule has 126 valence electrons. The van der Waals surface area contributed by atoms with Crippen molar-refractivity contribution in [2.24, 2.45) is 5.10 Å². The minimum atomic E-state index is -0.460. The SMILES string of the molecule is COc1ccc(/C=C2/C(=O)N(C(=O)c3ccccc3)N=C2C)cc1Cl. The molecule has 0 unspecified atom stereocenters. The molecule has 6 heteroatoms. The summed E-state index contributed by atoms with van der Waals surface area (Å²) in [4.78, 5) is 25.1. The van der Waals surface area contributed by atoms with E-state index in [0.29, 0.717) is 27.6 Å². The van der Waals surface area contributed by atoms with Crippen molar-refractivity contribution in [2.45, 2.75) is 6.92 Å². The third-order valence-corrected chi connectivity index (χ3v) is 4.06. The molecule has 2 aromatic carbocycles. The van der Waals surface area contributed by atoms with Gasteiger partial charge in [0.1, 0.15) is 5.75 Å². The van der Waals surface area contributed by atoms with Gasteiger partial charge >= 0.3 is 0 Å². The second-order valence-electron chi connectivity index (χ2n) is 5.43. The van der Waals surface area contributed by atoms with E-state index < -0.39 is 11.8 Å². The van der Waals surface area contributed by atoms with Crippen LogP contribution in [0.1, 0.15) is 22.8 Å². The van der Waals surface area contributed by atoms with Crippen LogP contribution in [0, 0.1) is 0 Å². The van der Waals surface area contributed by atoms with E-state index >= 15 is 0 Å². The standard InChI is InChI=1S/C19H15ClN2O3/c1-12-15(10-13-8-9-17(25-2)16(20)11-13)19(24)22(21-12)18(23)14-6-4-3-5-7-14/h3-11H,1-2H3/b15-10+. The number of imide groups is 1. The van der Waals surface area contributed by atoms with Crippen molar-refractivity contribution in [2.75, 3.05) is 7.11 Å².